The maximum Gasteiger partial charge on any atom is 0.255 e. The number of amides is 1. The van der Waals surface area contributed by atoms with Crippen LogP contribution in [0.15, 0.2) is 59.4 Å². The van der Waals surface area contributed by atoms with E-state index in [1.54, 1.807) is 20.2 Å². The zero-order valence-electron chi connectivity index (χ0n) is 20.7. The van der Waals surface area contributed by atoms with Crippen molar-refractivity contribution in [2.45, 2.75) is 24.5 Å². The Kier molecular flexibility index (Phi) is 5.90. The van der Waals surface area contributed by atoms with E-state index in [9.17, 15) is 34.8 Å². The molecule has 2 aromatic carbocycles. The Labute approximate surface area is 218 Å². The molecular formula is C29H26N2O7. The Hall–Kier alpha value is -4.39. The summed E-state index contributed by atoms with van der Waals surface area (Å²) in [6.45, 7) is 0. The van der Waals surface area contributed by atoms with E-state index in [1.165, 1.54) is 11.0 Å². The molecule has 0 spiro atoms. The summed E-state index contributed by atoms with van der Waals surface area (Å²) < 4.78 is 0. The van der Waals surface area contributed by atoms with E-state index >= 15 is 0 Å². The number of aromatic hydroxyl groups is 1. The normalized spacial score (nSPS) is 26.4. The molecule has 1 fully saturated rings. The quantitative estimate of drug-likeness (QED) is 0.297. The van der Waals surface area contributed by atoms with E-state index in [0.29, 0.717) is 11.1 Å². The highest BCUT2D eigenvalue weighted by Crippen LogP contribution is 2.52. The van der Waals surface area contributed by atoms with E-state index in [2.05, 4.69) is 11.8 Å². The molecule has 4 atom stereocenters. The molecule has 9 nitrogen and oxygen atoms in total. The summed E-state index contributed by atoms with van der Waals surface area (Å²) in [5, 5.41) is 44.5. The predicted molar refractivity (Wildman–Crippen MR) is 137 cm³/mol. The number of primary amides is 1. The van der Waals surface area contributed by atoms with Crippen LogP contribution in [-0.2, 0) is 20.8 Å². The van der Waals surface area contributed by atoms with E-state index < -0.39 is 58.0 Å². The number of likely N-dealkylation sites (N-methyl/N-ethyl adjacent to an activating group) is 1. The maximum absolute atomic E-state index is 13.8. The molecule has 1 amide bonds. The lowest BCUT2D eigenvalue weighted by Crippen LogP contribution is -2.65. The standard InChI is InChI=1S/C29H26N2O7/c1-31(2)23-18-13-16-12-17-15(9-8-14-6-4-3-5-7-14)10-11-19(32)21(17)24(33)20(16)26(35)29(18,38)27(36)22(25(23)34)28(30)37/h3-7,10-11,16,18,23,32-33,36,38H,12-13H2,1-2H3,(H2,30,37)/t16-,18-,23-,29-/m1/s1. The largest absolute Gasteiger partial charge is 0.508 e. The maximum atomic E-state index is 13.8. The first-order valence-electron chi connectivity index (χ1n) is 12.0. The number of hydrogen-bond donors (Lipinski definition) is 5. The van der Waals surface area contributed by atoms with Gasteiger partial charge in [-0.15, -0.1) is 0 Å². The molecule has 38 heavy (non-hydrogen) atoms. The van der Waals surface area contributed by atoms with Gasteiger partial charge in [-0.3, -0.25) is 19.3 Å². The Morgan fingerprint density at radius 2 is 1.74 bits per heavy atom. The van der Waals surface area contributed by atoms with Gasteiger partial charge in [-0.1, -0.05) is 30.0 Å². The highest BCUT2D eigenvalue weighted by molar-refractivity contribution is 6.24. The summed E-state index contributed by atoms with van der Waals surface area (Å²) >= 11 is 0. The van der Waals surface area contributed by atoms with Crippen molar-refractivity contribution in [1.29, 1.82) is 0 Å². The van der Waals surface area contributed by atoms with Crippen LogP contribution in [0.2, 0.25) is 0 Å². The van der Waals surface area contributed by atoms with Crippen LogP contribution >= 0.6 is 0 Å². The van der Waals surface area contributed by atoms with Crippen molar-refractivity contribution in [2.75, 3.05) is 14.1 Å². The first-order chi connectivity index (χ1) is 18.0. The number of fused-ring (bicyclic) bond motifs is 3. The van der Waals surface area contributed by atoms with Crippen molar-refractivity contribution in [2.24, 2.45) is 17.6 Å². The van der Waals surface area contributed by atoms with Crippen molar-refractivity contribution >= 4 is 23.2 Å². The lowest BCUT2D eigenvalue weighted by molar-refractivity contribution is -0.153. The molecule has 0 aromatic heterocycles. The fourth-order valence-electron chi connectivity index (χ4n) is 6.02. The van der Waals surface area contributed by atoms with E-state index in [0.717, 1.165) is 5.56 Å². The number of aliphatic hydroxyl groups excluding tert-OH is 2. The van der Waals surface area contributed by atoms with Gasteiger partial charge in [-0.25, -0.2) is 0 Å². The van der Waals surface area contributed by atoms with Gasteiger partial charge in [0.1, 0.15) is 22.8 Å². The molecule has 0 unspecified atom stereocenters. The van der Waals surface area contributed by atoms with Crippen LogP contribution in [0.25, 0.3) is 5.76 Å². The fraction of sp³-hybridized carbons (Fsp3) is 0.276. The first-order valence-corrected chi connectivity index (χ1v) is 12.0. The number of Topliss-reactive ketones (excluding diaryl/α,β-unsaturated/α-hetero) is 2. The van der Waals surface area contributed by atoms with Crippen LogP contribution < -0.4 is 5.73 Å². The van der Waals surface area contributed by atoms with Gasteiger partial charge in [0, 0.05) is 22.6 Å². The third-order valence-electron chi connectivity index (χ3n) is 7.72. The number of carbonyl (C=O) groups is 3. The number of phenolic OH excluding ortho intramolecular Hbond substituents is 1. The van der Waals surface area contributed by atoms with Crippen molar-refractivity contribution < 1.29 is 34.8 Å². The minimum atomic E-state index is -2.66. The molecule has 0 bridgehead atoms. The van der Waals surface area contributed by atoms with E-state index in [4.69, 9.17) is 5.73 Å². The number of ketones is 2. The topological polar surface area (TPSA) is 161 Å². The average molecular weight is 515 g/mol. The SMILES string of the molecule is CN(C)[C@H]1C(=O)C(C(N)=O)=C(O)[C@]2(O)C(=O)C3=C(O)c4c(O)ccc(C#Cc5ccccc5)c4C[C@@H]3C[C@H]12. The van der Waals surface area contributed by atoms with Gasteiger partial charge in [0.15, 0.2) is 11.4 Å². The van der Waals surface area contributed by atoms with Gasteiger partial charge in [0.2, 0.25) is 5.78 Å². The predicted octanol–water partition coefficient (Wildman–Crippen LogP) is 1.36. The molecule has 2 aromatic rings. The number of hydrogen-bond acceptors (Lipinski definition) is 8. The van der Waals surface area contributed by atoms with Gasteiger partial charge < -0.3 is 26.2 Å². The van der Waals surface area contributed by atoms with Gasteiger partial charge in [-0.2, -0.15) is 0 Å². The van der Waals surface area contributed by atoms with Crippen LogP contribution in [0.4, 0.5) is 0 Å². The van der Waals surface area contributed by atoms with Crippen LogP contribution in [0.1, 0.15) is 28.7 Å². The number of rotatable bonds is 2. The molecule has 3 aliphatic carbocycles. The zero-order valence-corrected chi connectivity index (χ0v) is 20.7. The summed E-state index contributed by atoms with van der Waals surface area (Å²) in [5.74, 6) is -0.684. The molecule has 3 aliphatic rings. The van der Waals surface area contributed by atoms with Gasteiger partial charge in [0.05, 0.1) is 11.6 Å². The van der Waals surface area contributed by atoms with Crippen LogP contribution in [0, 0.1) is 23.7 Å². The molecule has 0 aliphatic heterocycles. The number of phenols is 1. The van der Waals surface area contributed by atoms with Crippen molar-refractivity contribution in [3.05, 3.63) is 81.6 Å². The minimum absolute atomic E-state index is 0.0150. The van der Waals surface area contributed by atoms with Gasteiger partial charge >= 0.3 is 0 Å². The number of benzene rings is 2. The first kappa shape index (κ1) is 25.3. The van der Waals surface area contributed by atoms with Gasteiger partial charge in [0.25, 0.3) is 5.91 Å². The molecular weight excluding hydrogens is 488 g/mol. The average Bonchev–Trinajstić information content (AvgIpc) is 2.86. The zero-order chi connectivity index (χ0) is 27.5. The van der Waals surface area contributed by atoms with Crippen LogP contribution in [0.5, 0.6) is 5.75 Å². The number of nitrogens with two attached hydrogens (primary N) is 1. The van der Waals surface area contributed by atoms with Crippen molar-refractivity contribution in [3.8, 4) is 17.6 Å². The summed E-state index contributed by atoms with van der Waals surface area (Å²) in [4.78, 5) is 40.5. The number of carbonyl (C=O) groups excluding carboxylic acids is 3. The molecule has 0 heterocycles. The highest BCUT2D eigenvalue weighted by atomic mass is 16.3. The molecule has 194 valence electrons. The number of nitrogens with zero attached hydrogens (tertiary/aromatic N) is 1. The van der Waals surface area contributed by atoms with E-state index in [1.807, 2.05) is 30.3 Å². The Balaban J connectivity index is 1.69. The van der Waals surface area contributed by atoms with Crippen LogP contribution in [0.3, 0.4) is 0 Å². The second-order valence-electron chi connectivity index (χ2n) is 10.1. The van der Waals surface area contributed by atoms with Crippen molar-refractivity contribution in [1.82, 2.24) is 4.90 Å². The molecule has 6 N–H and O–H groups in total. The van der Waals surface area contributed by atoms with Gasteiger partial charge in [-0.05, 0) is 62.7 Å². The Morgan fingerprint density at radius 1 is 1.05 bits per heavy atom. The lowest BCUT2D eigenvalue weighted by atomic mass is 9.57. The molecule has 9 heteroatoms. The Morgan fingerprint density at radius 3 is 2.37 bits per heavy atom. The van der Waals surface area contributed by atoms with Crippen LogP contribution in [-0.4, -0.2) is 68.5 Å². The summed E-state index contributed by atoms with van der Waals surface area (Å²) in [6.07, 6.45) is 0.203. The smallest absolute Gasteiger partial charge is 0.255 e. The summed E-state index contributed by atoms with van der Waals surface area (Å²) in [5.41, 5.74) is 3.50. The molecule has 0 saturated heterocycles. The second-order valence-corrected chi connectivity index (χ2v) is 10.1. The molecule has 5 rings (SSSR count). The minimum Gasteiger partial charge on any atom is -0.508 e. The molecule has 1 saturated carbocycles. The number of aliphatic hydroxyl groups is 3. The Bertz CT molecular complexity index is 1530. The second kappa shape index (κ2) is 8.87. The monoisotopic (exact) mass is 514 g/mol. The van der Waals surface area contributed by atoms with E-state index in [-0.39, 0.29) is 29.7 Å². The fourth-order valence-corrected chi connectivity index (χ4v) is 6.02. The van der Waals surface area contributed by atoms with Crippen molar-refractivity contribution in [3.63, 3.8) is 0 Å². The summed E-state index contributed by atoms with van der Waals surface area (Å²) in [7, 11) is 3.12. The molecule has 0 radical (unpaired) electrons. The highest BCUT2D eigenvalue weighted by Gasteiger charge is 2.64. The third-order valence-corrected chi connectivity index (χ3v) is 7.72. The summed E-state index contributed by atoms with van der Waals surface area (Å²) in [6, 6.07) is 11.1. The lowest BCUT2D eigenvalue weighted by Gasteiger charge is -2.50. The third kappa shape index (κ3) is 3.53.